The molecular formula is C7H11ClN2O. The Kier molecular flexibility index (Phi) is 4.38. The van der Waals surface area contributed by atoms with Gasteiger partial charge in [0.25, 0.3) is 0 Å². The largest absolute Gasteiger partial charge is 0.411 e. The van der Waals surface area contributed by atoms with Crippen LogP contribution < -0.4 is 0 Å². The SMILES string of the molecule is CN1CC=CC=C1/C=N/O.Cl. The van der Waals surface area contributed by atoms with Crippen molar-refractivity contribution < 1.29 is 5.21 Å². The molecule has 0 aromatic heterocycles. The van der Waals surface area contributed by atoms with E-state index in [-0.39, 0.29) is 12.4 Å². The fourth-order valence-electron chi connectivity index (χ4n) is 0.819. The Morgan fingerprint density at radius 3 is 3.00 bits per heavy atom. The number of likely N-dealkylation sites (N-methyl/N-ethyl adjacent to an activating group) is 1. The Bertz CT molecular complexity index is 199. The van der Waals surface area contributed by atoms with Gasteiger partial charge in [0.2, 0.25) is 0 Å². The minimum absolute atomic E-state index is 0. The van der Waals surface area contributed by atoms with E-state index in [0.29, 0.717) is 0 Å². The first-order chi connectivity index (χ1) is 4.84. The van der Waals surface area contributed by atoms with Gasteiger partial charge in [-0.2, -0.15) is 0 Å². The number of hydrogen-bond acceptors (Lipinski definition) is 3. The van der Waals surface area contributed by atoms with Gasteiger partial charge in [-0.1, -0.05) is 17.3 Å². The van der Waals surface area contributed by atoms with E-state index >= 15 is 0 Å². The van der Waals surface area contributed by atoms with E-state index in [0.717, 1.165) is 12.2 Å². The highest BCUT2D eigenvalue weighted by atomic mass is 35.5. The molecule has 62 valence electrons. The monoisotopic (exact) mass is 174 g/mol. The van der Waals surface area contributed by atoms with E-state index in [2.05, 4.69) is 5.16 Å². The van der Waals surface area contributed by atoms with Crippen molar-refractivity contribution in [1.29, 1.82) is 0 Å². The first kappa shape index (κ1) is 10.0. The predicted octanol–water partition coefficient (Wildman–Crippen LogP) is 1.25. The highest BCUT2D eigenvalue weighted by Crippen LogP contribution is 2.03. The Balaban J connectivity index is 0.000001000. The van der Waals surface area contributed by atoms with Gasteiger partial charge < -0.3 is 10.1 Å². The van der Waals surface area contributed by atoms with Gasteiger partial charge in [-0.25, -0.2) is 0 Å². The normalized spacial score (nSPS) is 16.5. The van der Waals surface area contributed by atoms with Crippen LogP contribution in [0.25, 0.3) is 0 Å². The Labute approximate surface area is 72.1 Å². The summed E-state index contributed by atoms with van der Waals surface area (Å²) in [4.78, 5) is 1.99. The summed E-state index contributed by atoms with van der Waals surface area (Å²) in [5, 5.41) is 11.2. The number of hydrogen-bond donors (Lipinski definition) is 1. The second-order valence-corrected chi connectivity index (χ2v) is 2.14. The molecule has 1 N–H and O–H groups in total. The molecular weight excluding hydrogens is 164 g/mol. The molecule has 0 aliphatic carbocycles. The lowest BCUT2D eigenvalue weighted by Crippen LogP contribution is -2.20. The van der Waals surface area contributed by atoms with Crippen LogP contribution in [0.5, 0.6) is 0 Å². The summed E-state index contributed by atoms with van der Waals surface area (Å²) in [5.41, 5.74) is 0.921. The van der Waals surface area contributed by atoms with Gasteiger partial charge in [0.1, 0.15) is 0 Å². The standard InChI is InChI=1S/C7H10N2O.ClH/c1-9-5-3-2-4-7(9)6-8-10;/h2-4,6,10H,5H2,1H3;1H/b8-6+;. The number of halogens is 1. The molecule has 11 heavy (non-hydrogen) atoms. The van der Waals surface area contributed by atoms with Gasteiger partial charge in [-0.3, -0.25) is 0 Å². The predicted molar refractivity (Wildman–Crippen MR) is 47.4 cm³/mol. The maximum atomic E-state index is 8.21. The van der Waals surface area contributed by atoms with E-state index in [1.165, 1.54) is 6.21 Å². The number of oxime groups is 1. The summed E-state index contributed by atoms with van der Waals surface area (Å²) in [6.07, 6.45) is 7.29. The number of rotatable bonds is 1. The molecule has 0 saturated carbocycles. The summed E-state index contributed by atoms with van der Waals surface area (Å²) >= 11 is 0. The molecule has 1 heterocycles. The van der Waals surface area contributed by atoms with Crippen molar-refractivity contribution in [3.63, 3.8) is 0 Å². The summed E-state index contributed by atoms with van der Waals surface area (Å²) in [5.74, 6) is 0. The molecule has 0 unspecified atom stereocenters. The van der Waals surface area contributed by atoms with Crippen LogP contribution in [-0.2, 0) is 0 Å². The summed E-state index contributed by atoms with van der Waals surface area (Å²) in [6, 6.07) is 0. The molecule has 0 amide bonds. The highest BCUT2D eigenvalue weighted by molar-refractivity contribution is 5.85. The quantitative estimate of drug-likeness (QED) is 0.369. The molecule has 1 rings (SSSR count). The zero-order valence-corrected chi connectivity index (χ0v) is 7.08. The average molecular weight is 175 g/mol. The van der Waals surface area contributed by atoms with E-state index < -0.39 is 0 Å². The fourth-order valence-corrected chi connectivity index (χ4v) is 0.819. The Morgan fingerprint density at radius 1 is 1.73 bits per heavy atom. The zero-order chi connectivity index (χ0) is 7.40. The summed E-state index contributed by atoms with van der Waals surface area (Å²) < 4.78 is 0. The molecule has 0 aromatic rings. The van der Waals surface area contributed by atoms with Crippen LogP contribution in [-0.4, -0.2) is 29.9 Å². The van der Waals surface area contributed by atoms with Crippen molar-refractivity contribution in [2.45, 2.75) is 0 Å². The highest BCUT2D eigenvalue weighted by Gasteiger charge is 2.01. The first-order valence-electron chi connectivity index (χ1n) is 3.10. The van der Waals surface area contributed by atoms with Gasteiger partial charge in [0.15, 0.2) is 0 Å². The maximum absolute atomic E-state index is 8.21. The van der Waals surface area contributed by atoms with Crippen LogP contribution in [0.4, 0.5) is 0 Å². The maximum Gasteiger partial charge on any atom is 0.0894 e. The van der Waals surface area contributed by atoms with E-state index in [1.807, 2.05) is 30.2 Å². The molecule has 0 spiro atoms. The number of nitrogens with zero attached hydrogens (tertiary/aromatic N) is 2. The topological polar surface area (TPSA) is 35.8 Å². The Hall–Kier alpha value is -0.960. The molecule has 4 heteroatoms. The second kappa shape index (κ2) is 4.79. The average Bonchev–Trinajstić information content (AvgIpc) is 1.94. The fraction of sp³-hybridized carbons (Fsp3) is 0.286. The second-order valence-electron chi connectivity index (χ2n) is 2.14. The Morgan fingerprint density at radius 2 is 2.45 bits per heavy atom. The molecule has 3 nitrogen and oxygen atoms in total. The third kappa shape index (κ3) is 2.63. The van der Waals surface area contributed by atoms with Crippen LogP contribution in [0.2, 0.25) is 0 Å². The molecule has 0 atom stereocenters. The minimum Gasteiger partial charge on any atom is -0.411 e. The van der Waals surface area contributed by atoms with Gasteiger partial charge in [-0.15, -0.1) is 12.4 Å². The molecule has 1 aliphatic rings. The lowest BCUT2D eigenvalue weighted by molar-refractivity contribution is 0.320. The number of allylic oxidation sites excluding steroid dienone is 3. The molecule has 0 fully saturated rings. The molecule has 0 aromatic carbocycles. The van der Waals surface area contributed by atoms with Crippen molar-refractivity contribution in [3.05, 3.63) is 23.9 Å². The molecule has 0 radical (unpaired) electrons. The lowest BCUT2D eigenvalue weighted by atomic mass is 10.3. The zero-order valence-electron chi connectivity index (χ0n) is 6.27. The van der Waals surface area contributed by atoms with Crippen LogP contribution in [0.15, 0.2) is 29.1 Å². The van der Waals surface area contributed by atoms with E-state index in [4.69, 9.17) is 5.21 Å². The van der Waals surface area contributed by atoms with Crippen LogP contribution >= 0.6 is 12.4 Å². The third-order valence-electron chi connectivity index (χ3n) is 1.41. The molecule has 0 bridgehead atoms. The smallest absolute Gasteiger partial charge is 0.0894 e. The lowest BCUT2D eigenvalue weighted by Gasteiger charge is -2.19. The van der Waals surface area contributed by atoms with Crippen molar-refractivity contribution in [1.82, 2.24) is 4.90 Å². The summed E-state index contributed by atoms with van der Waals surface area (Å²) in [7, 11) is 1.94. The van der Waals surface area contributed by atoms with Crippen molar-refractivity contribution in [2.75, 3.05) is 13.6 Å². The minimum atomic E-state index is 0. The molecule has 0 saturated heterocycles. The van der Waals surface area contributed by atoms with Gasteiger partial charge in [0, 0.05) is 13.6 Å². The van der Waals surface area contributed by atoms with E-state index in [1.54, 1.807) is 0 Å². The van der Waals surface area contributed by atoms with Crippen molar-refractivity contribution >= 4 is 18.6 Å². The van der Waals surface area contributed by atoms with Crippen LogP contribution in [0, 0.1) is 0 Å². The van der Waals surface area contributed by atoms with Crippen molar-refractivity contribution in [2.24, 2.45) is 5.16 Å². The van der Waals surface area contributed by atoms with Crippen molar-refractivity contribution in [3.8, 4) is 0 Å². The van der Waals surface area contributed by atoms with Gasteiger partial charge >= 0.3 is 0 Å². The van der Waals surface area contributed by atoms with Gasteiger partial charge in [-0.05, 0) is 6.08 Å². The van der Waals surface area contributed by atoms with Crippen LogP contribution in [0.1, 0.15) is 0 Å². The third-order valence-corrected chi connectivity index (χ3v) is 1.41. The summed E-state index contributed by atoms with van der Waals surface area (Å²) in [6.45, 7) is 0.873. The van der Waals surface area contributed by atoms with Crippen LogP contribution in [0.3, 0.4) is 0 Å². The van der Waals surface area contributed by atoms with Gasteiger partial charge in [0.05, 0.1) is 11.9 Å². The first-order valence-corrected chi connectivity index (χ1v) is 3.10. The van der Waals surface area contributed by atoms with E-state index in [9.17, 15) is 0 Å². The molecule has 1 aliphatic heterocycles.